The van der Waals surface area contributed by atoms with Gasteiger partial charge in [-0.15, -0.1) is 0 Å². The minimum atomic E-state index is -0.588. The van der Waals surface area contributed by atoms with Crippen molar-refractivity contribution in [3.63, 3.8) is 0 Å². The van der Waals surface area contributed by atoms with Gasteiger partial charge >= 0.3 is 0 Å². The largest absolute Gasteiger partial charge is 0.497 e. The average Bonchev–Trinajstić information content (AvgIpc) is 2.76. The molecule has 2 aromatic carbocycles. The van der Waals surface area contributed by atoms with Crippen LogP contribution in [-0.2, 0) is 22.6 Å². The summed E-state index contributed by atoms with van der Waals surface area (Å²) in [5, 5.41) is 2.91. The maximum absolute atomic E-state index is 12.6. The van der Waals surface area contributed by atoms with Gasteiger partial charge in [0.05, 0.1) is 21.3 Å². The highest BCUT2D eigenvalue weighted by molar-refractivity contribution is 5.86. The van der Waals surface area contributed by atoms with Gasteiger partial charge in [0.2, 0.25) is 11.8 Å². The molecule has 0 unspecified atom stereocenters. The van der Waals surface area contributed by atoms with E-state index in [0.29, 0.717) is 31.0 Å². The molecule has 2 amide bonds. The fourth-order valence-electron chi connectivity index (χ4n) is 3.10. The van der Waals surface area contributed by atoms with E-state index in [1.807, 2.05) is 42.5 Å². The van der Waals surface area contributed by atoms with Crippen molar-refractivity contribution < 1.29 is 23.8 Å². The summed E-state index contributed by atoms with van der Waals surface area (Å²) in [4.78, 5) is 26.3. The van der Waals surface area contributed by atoms with Crippen molar-refractivity contribution in [1.82, 2.24) is 10.2 Å². The van der Waals surface area contributed by atoms with Crippen LogP contribution in [0, 0.1) is 0 Å². The van der Waals surface area contributed by atoms with Crippen LogP contribution in [0.4, 0.5) is 0 Å². The van der Waals surface area contributed by atoms with Gasteiger partial charge in [-0.2, -0.15) is 0 Å². The highest BCUT2D eigenvalue weighted by atomic mass is 16.5. The molecule has 0 saturated heterocycles. The number of nitrogens with one attached hydrogen (secondary N) is 1. The first-order valence-corrected chi connectivity index (χ1v) is 9.78. The lowest BCUT2D eigenvalue weighted by molar-refractivity contribution is -0.138. The van der Waals surface area contributed by atoms with Crippen molar-refractivity contribution in [2.45, 2.75) is 32.9 Å². The number of carbonyl (C=O) groups is 2. The summed E-state index contributed by atoms with van der Waals surface area (Å²) in [5.41, 5.74) is 1.94. The second kappa shape index (κ2) is 11.1. The van der Waals surface area contributed by atoms with E-state index >= 15 is 0 Å². The lowest BCUT2D eigenvalue weighted by atomic mass is 10.1. The summed E-state index contributed by atoms with van der Waals surface area (Å²) in [6.45, 7) is 4.00. The lowest BCUT2D eigenvalue weighted by Crippen LogP contribution is -2.47. The summed E-state index contributed by atoms with van der Waals surface area (Å²) >= 11 is 0. The highest BCUT2D eigenvalue weighted by Crippen LogP contribution is 2.27. The molecule has 0 aromatic heterocycles. The normalized spacial score (nSPS) is 11.4. The molecule has 0 aliphatic carbocycles. The summed E-state index contributed by atoms with van der Waals surface area (Å²) < 4.78 is 15.7. The van der Waals surface area contributed by atoms with Gasteiger partial charge < -0.3 is 24.4 Å². The quantitative estimate of drug-likeness (QED) is 0.647. The minimum absolute atomic E-state index is 0.159. The first-order chi connectivity index (χ1) is 14.4. The van der Waals surface area contributed by atoms with Crippen LogP contribution in [0.15, 0.2) is 42.5 Å². The number of ether oxygens (including phenoxy) is 3. The van der Waals surface area contributed by atoms with E-state index in [-0.39, 0.29) is 11.8 Å². The molecule has 0 saturated carbocycles. The number of benzene rings is 2. The third-order valence-corrected chi connectivity index (χ3v) is 4.92. The maximum atomic E-state index is 12.6. The van der Waals surface area contributed by atoms with Crippen molar-refractivity contribution in [3.8, 4) is 17.2 Å². The Morgan fingerprint density at radius 3 is 2.13 bits per heavy atom. The minimum Gasteiger partial charge on any atom is -0.497 e. The van der Waals surface area contributed by atoms with Crippen LogP contribution in [0.3, 0.4) is 0 Å². The molecule has 7 nitrogen and oxygen atoms in total. The van der Waals surface area contributed by atoms with Gasteiger partial charge in [0.1, 0.15) is 11.8 Å². The molecule has 2 rings (SSSR count). The number of rotatable bonds is 10. The molecule has 0 heterocycles. The Balaban J connectivity index is 1.94. The molecular formula is C23H30N2O5. The highest BCUT2D eigenvalue weighted by Gasteiger charge is 2.23. The molecule has 0 aliphatic rings. The summed E-state index contributed by atoms with van der Waals surface area (Å²) in [6, 6.07) is 12.5. The van der Waals surface area contributed by atoms with E-state index in [9.17, 15) is 9.59 Å². The van der Waals surface area contributed by atoms with Crippen molar-refractivity contribution in [2.24, 2.45) is 0 Å². The van der Waals surface area contributed by atoms with Crippen molar-refractivity contribution in [2.75, 3.05) is 27.9 Å². The van der Waals surface area contributed by atoms with Crippen LogP contribution in [0.5, 0.6) is 17.2 Å². The number of nitrogens with zero attached hydrogens (tertiary/aromatic N) is 1. The number of methoxy groups -OCH3 is 3. The molecule has 0 aliphatic heterocycles. The Bertz CT molecular complexity index is 851. The van der Waals surface area contributed by atoms with Gasteiger partial charge in [0.15, 0.2) is 11.5 Å². The van der Waals surface area contributed by atoms with E-state index in [4.69, 9.17) is 14.2 Å². The number of hydrogen-bond donors (Lipinski definition) is 1. The Morgan fingerprint density at radius 2 is 1.57 bits per heavy atom. The van der Waals surface area contributed by atoms with E-state index < -0.39 is 6.04 Å². The van der Waals surface area contributed by atoms with E-state index in [1.165, 1.54) is 6.92 Å². The Morgan fingerprint density at radius 1 is 0.933 bits per heavy atom. The van der Waals surface area contributed by atoms with Gasteiger partial charge in [-0.05, 0) is 48.7 Å². The van der Waals surface area contributed by atoms with Gasteiger partial charge in [0.25, 0.3) is 0 Å². The molecule has 2 aromatic rings. The van der Waals surface area contributed by atoms with Crippen LogP contribution < -0.4 is 19.5 Å². The third-order valence-electron chi connectivity index (χ3n) is 4.92. The van der Waals surface area contributed by atoms with Crippen LogP contribution >= 0.6 is 0 Å². The molecular weight excluding hydrogens is 384 g/mol. The monoisotopic (exact) mass is 414 g/mol. The second-order valence-electron chi connectivity index (χ2n) is 6.90. The fourth-order valence-corrected chi connectivity index (χ4v) is 3.10. The SMILES string of the molecule is COc1ccc(CN(C(C)=O)[C@@H](C)C(=O)NCCc2ccc(OC)c(OC)c2)cc1. The van der Waals surface area contributed by atoms with Crippen molar-refractivity contribution in [3.05, 3.63) is 53.6 Å². The summed E-state index contributed by atoms with van der Waals surface area (Å²) in [7, 11) is 4.78. The standard InChI is InChI=1S/C23H30N2O5/c1-16(25(17(2)26)15-19-6-9-20(28-3)10-7-19)23(27)24-13-12-18-8-11-21(29-4)22(14-18)30-5/h6-11,14,16H,12-13,15H2,1-5H3,(H,24,27)/t16-/m0/s1. The Hall–Kier alpha value is -3.22. The second-order valence-corrected chi connectivity index (χ2v) is 6.90. The molecule has 0 fully saturated rings. The topological polar surface area (TPSA) is 77.1 Å². The smallest absolute Gasteiger partial charge is 0.242 e. The first-order valence-electron chi connectivity index (χ1n) is 9.78. The Kier molecular flexibility index (Phi) is 8.53. The zero-order chi connectivity index (χ0) is 22.1. The Labute approximate surface area is 177 Å². The molecule has 1 N–H and O–H groups in total. The third kappa shape index (κ3) is 6.14. The first kappa shape index (κ1) is 23.1. The average molecular weight is 415 g/mol. The summed E-state index contributed by atoms with van der Waals surface area (Å²) in [5.74, 6) is 1.70. The number of amides is 2. The van der Waals surface area contributed by atoms with Crippen LogP contribution in [0.25, 0.3) is 0 Å². The predicted molar refractivity (Wildman–Crippen MR) is 115 cm³/mol. The fraction of sp³-hybridized carbons (Fsp3) is 0.391. The zero-order valence-electron chi connectivity index (χ0n) is 18.2. The van der Waals surface area contributed by atoms with Crippen molar-refractivity contribution >= 4 is 11.8 Å². The molecule has 30 heavy (non-hydrogen) atoms. The molecule has 162 valence electrons. The van der Waals surface area contributed by atoms with E-state index in [0.717, 1.165) is 16.9 Å². The maximum Gasteiger partial charge on any atom is 0.242 e. The van der Waals surface area contributed by atoms with Crippen molar-refractivity contribution in [1.29, 1.82) is 0 Å². The van der Waals surface area contributed by atoms with Gasteiger partial charge in [-0.1, -0.05) is 18.2 Å². The molecule has 0 spiro atoms. The lowest BCUT2D eigenvalue weighted by Gasteiger charge is -2.27. The van der Waals surface area contributed by atoms with E-state index in [2.05, 4.69) is 5.32 Å². The zero-order valence-corrected chi connectivity index (χ0v) is 18.2. The van der Waals surface area contributed by atoms with E-state index in [1.54, 1.807) is 33.2 Å². The van der Waals surface area contributed by atoms with Gasteiger partial charge in [-0.3, -0.25) is 9.59 Å². The molecule has 0 radical (unpaired) electrons. The van der Waals surface area contributed by atoms with Crippen LogP contribution in [0.2, 0.25) is 0 Å². The molecule has 7 heteroatoms. The molecule has 0 bridgehead atoms. The molecule has 1 atom stereocenters. The van der Waals surface area contributed by atoms with Gasteiger partial charge in [-0.25, -0.2) is 0 Å². The van der Waals surface area contributed by atoms with Crippen LogP contribution in [-0.4, -0.2) is 50.6 Å². The number of hydrogen-bond acceptors (Lipinski definition) is 5. The van der Waals surface area contributed by atoms with Crippen LogP contribution in [0.1, 0.15) is 25.0 Å². The number of carbonyl (C=O) groups excluding carboxylic acids is 2. The predicted octanol–water partition coefficient (Wildman–Crippen LogP) is 2.81. The van der Waals surface area contributed by atoms with Gasteiger partial charge in [0, 0.05) is 20.0 Å². The summed E-state index contributed by atoms with van der Waals surface area (Å²) in [6.07, 6.45) is 0.636.